The van der Waals surface area contributed by atoms with Crippen molar-refractivity contribution in [3.63, 3.8) is 0 Å². The minimum absolute atomic E-state index is 0. The first-order valence-corrected chi connectivity index (χ1v) is 11.2. The van der Waals surface area contributed by atoms with E-state index >= 15 is 0 Å². The summed E-state index contributed by atoms with van der Waals surface area (Å²) in [5.41, 5.74) is 1.40. The molecule has 3 amide bonds. The fourth-order valence-electron chi connectivity index (χ4n) is 3.77. The Morgan fingerprint density at radius 1 is 1.07 bits per heavy atom. The molecule has 2 heterocycles. The van der Waals surface area contributed by atoms with Gasteiger partial charge in [-0.2, -0.15) is 5.21 Å². The van der Waals surface area contributed by atoms with Crippen LogP contribution in [-0.4, -0.2) is 44.9 Å². The molecule has 3 aliphatic carbocycles. The van der Waals surface area contributed by atoms with Crippen LogP contribution in [-0.2, 0) is 22.4 Å². The standard InChI is InChI=1S/C19H23N7O3S.H2/c27-15(10-3-4-10)21-18-14(17(29)20-8-9-1-2-9)12-7-11(5-6-13(12)30-18)16(28)22-19-23-25-26-24-19;/h9-11H,1-8H2,(H,20,29)(H,21,27)(H2,22,23,24,25,26,28);1H. The predicted octanol–water partition coefficient (Wildman–Crippen LogP) is 1.74. The molecular weight excluding hydrogens is 406 g/mol. The van der Waals surface area contributed by atoms with Gasteiger partial charge in [-0.15, -0.1) is 16.4 Å². The maximum Gasteiger partial charge on any atom is 0.269 e. The van der Waals surface area contributed by atoms with E-state index in [4.69, 9.17) is 0 Å². The van der Waals surface area contributed by atoms with Crippen LogP contribution in [0, 0.1) is 17.8 Å². The van der Waals surface area contributed by atoms with Gasteiger partial charge in [0.1, 0.15) is 5.00 Å². The highest BCUT2D eigenvalue weighted by molar-refractivity contribution is 7.17. The van der Waals surface area contributed by atoms with Gasteiger partial charge in [-0.05, 0) is 61.6 Å². The van der Waals surface area contributed by atoms with Crippen LogP contribution >= 0.6 is 11.3 Å². The molecule has 5 rings (SSSR count). The van der Waals surface area contributed by atoms with Crippen molar-refractivity contribution in [1.29, 1.82) is 0 Å². The Morgan fingerprint density at radius 3 is 2.57 bits per heavy atom. The van der Waals surface area contributed by atoms with E-state index in [9.17, 15) is 14.4 Å². The zero-order valence-electron chi connectivity index (χ0n) is 16.4. The summed E-state index contributed by atoms with van der Waals surface area (Å²) in [6.07, 6.45) is 5.89. The van der Waals surface area contributed by atoms with E-state index in [2.05, 4.69) is 36.6 Å². The van der Waals surface area contributed by atoms with Gasteiger partial charge in [0.15, 0.2) is 0 Å². The number of fused-ring (bicyclic) bond motifs is 1. The van der Waals surface area contributed by atoms with E-state index in [-0.39, 0.29) is 36.9 Å². The number of aromatic nitrogens is 4. The second-order valence-electron chi connectivity index (χ2n) is 8.29. The summed E-state index contributed by atoms with van der Waals surface area (Å²) in [5.74, 6) is 0.0759. The van der Waals surface area contributed by atoms with Crippen molar-refractivity contribution in [3.8, 4) is 0 Å². The van der Waals surface area contributed by atoms with Crippen LogP contribution < -0.4 is 16.0 Å². The van der Waals surface area contributed by atoms with Crippen LogP contribution in [0.3, 0.4) is 0 Å². The molecule has 0 saturated heterocycles. The van der Waals surface area contributed by atoms with Crippen molar-refractivity contribution in [1.82, 2.24) is 25.9 Å². The third-order valence-corrected chi connectivity index (χ3v) is 7.08. The molecule has 11 heteroatoms. The summed E-state index contributed by atoms with van der Waals surface area (Å²) in [6.45, 7) is 0.654. The summed E-state index contributed by atoms with van der Waals surface area (Å²) < 4.78 is 0. The number of carbonyl (C=O) groups excluding carboxylic acids is 3. The molecule has 2 saturated carbocycles. The van der Waals surface area contributed by atoms with E-state index in [0.717, 1.165) is 36.1 Å². The van der Waals surface area contributed by atoms with E-state index in [1.807, 2.05) is 0 Å². The number of hydrogen-bond acceptors (Lipinski definition) is 7. The van der Waals surface area contributed by atoms with Crippen LogP contribution in [0.15, 0.2) is 0 Å². The van der Waals surface area contributed by atoms with Gasteiger partial charge in [-0.25, -0.2) is 0 Å². The number of hydrogen-bond donors (Lipinski definition) is 4. The predicted molar refractivity (Wildman–Crippen MR) is 111 cm³/mol. The number of amides is 3. The van der Waals surface area contributed by atoms with E-state index in [0.29, 0.717) is 42.3 Å². The number of H-pyrrole nitrogens is 1. The summed E-state index contributed by atoms with van der Waals surface area (Å²) in [4.78, 5) is 39.1. The fraction of sp³-hybridized carbons (Fsp3) is 0.579. The molecule has 2 aromatic rings. The highest BCUT2D eigenvalue weighted by atomic mass is 32.1. The molecule has 2 aromatic heterocycles. The number of tetrazole rings is 1. The zero-order chi connectivity index (χ0) is 20.7. The normalized spacial score (nSPS) is 20.3. The van der Waals surface area contributed by atoms with Crippen molar-refractivity contribution in [2.24, 2.45) is 17.8 Å². The van der Waals surface area contributed by atoms with Gasteiger partial charge in [-0.1, -0.05) is 5.10 Å². The Labute approximate surface area is 178 Å². The lowest BCUT2D eigenvalue weighted by molar-refractivity contribution is -0.120. The summed E-state index contributed by atoms with van der Waals surface area (Å²) >= 11 is 1.47. The Hall–Kier alpha value is -2.82. The largest absolute Gasteiger partial charge is 0.352 e. The minimum atomic E-state index is -0.299. The van der Waals surface area contributed by atoms with E-state index in [1.165, 1.54) is 11.3 Å². The first-order valence-electron chi connectivity index (χ1n) is 10.4. The molecule has 3 aliphatic rings. The van der Waals surface area contributed by atoms with Crippen LogP contribution in [0.4, 0.5) is 10.9 Å². The number of rotatable bonds is 7. The second-order valence-corrected chi connectivity index (χ2v) is 9.39. The Bertz CT molecular complexity index is 985. The highest BCUT2D eigenvalue weighted by Crippen LogP contribution is 2.41. The van der Waals surface area contributed by atoms with Crippen LogP contribution in [0.2, 0.25) is 0 Å². The van der Waals surface area contributed by atoms with Gasteiger partial charge >= 0.3 is 0 Å². The molecule has 0 aromatic carbocycles. The van der Waals surface area contributed by atoms with Gasteiger partial charge in [0, 0.05) is 24.7 Å². The molecule has 160 valence electrons. The van der Waals surface area contributed by atoms with Crippen LogP contribution in [0.25, 0.3) is 0 Å². The molecule has 0 spiro atoms. The Balaban J connectivity index is 0.00000231. The number of thiophene rings is 1. The maximum absolute atomic E-state index is 13.0. The first kappa shape index (κ1) is 19.2. The molecule has 4 N–H and O–H groups in total. The molecular formula is C19H25N7O3S. The number of aryl methyl sites for hydroxylation is 1. The topological polar surface area (TPSA) is 142 Å². The smallest absolute Gasteiger partial charge is 0.269 e. The fourth-order valence-corrected chi connectivity index (χ4v) is 5.01. The third kappa shape index (κ3) is 4.07. The lowest BCUT2D eigenvalue weighted by Crippen LogP contribution is -2.31. The van der Waals surface area contributed by atoms with Gasteiger partial charge in [-0.3, -0.25) is 19.7 Å². The van der Waals surface area contributed by atoms with Gasteiger partial charge in [0.2, 0.25) is 11.8 Å². The average Bonchev–Trinajstić information content (AvgIpc) is 3.66. The number of nitrogens with zero attached hydrogens (tertiary/aromatic N) is 3. The maximum atomic E-state index is 13.0. The van der Waals surface area contributed by atoms with Crippen molar-refractivity contribution in [3.05, 3.63) is 16.0 Å². The van der Waals surface area contributed by atoms with E-state index in [1.54, 1.807) is 0 Å². The van der Waals surface area contributed by atoms with Crippen molar-refractivity contribution < 1.29 is 15.8 Å². The monoisotopic (exact) mass is 431 g/mol. The summed E-state index contributed by atoms with van der Waals surface area (Å²) in [7, 11) is 0. The van der Waals surface area contributed by atoms with Gasteiger partial charge < -0.3 is 10.6 Å². The second kappa shape index (κ2) is 7.78. The Morgan fingerprint density at radius 2 is 1.87 bits per heavy atom. The average molecular weight is 432 g/mol. The zero-order valence-corrected chi connectivity index (χ0v) is 17.2. The van der Waals surface area contributed by atoms with Gasteiger partial charge in [0.05, 0.1) is 5.56 Å². The lowest BCUT2D eigenvalue weighted by Gasteiger charge is -2.21. The van der Waals surface area contributed by atoms with Crippen LogP contribution in [0.5, 0.6) is 0 Å². The molecule has 1 atom stereocenters. The number of carbonyl (C=O) groups is 3. The van der Waals surface area contributed by atoms with Crippen molar-refractivity contribution in [2.75, 3.05) is 17.2 Å². The highest BCUT2D eigenvalue weighted by Gasteiger charge is 2.35. The Kier molecular flexibility index (Phi) is 4.97. The summed E-state index contributed by atoms with van der Waals surface area (Å²) in [6, 6.07) is 0. The SMILES string of the molecule is O=C(NCC1CC1)c1c(NC(=O)C2CC2)sc2c1CC(C(=O)Nc1nn[nH]n1)CC2.[HH]. The lowest BCUT2D eigenvalue weighted by atomic mass is 9.85. The van der Waals surface area contributed by atoms with Crippen molar-refractivity contribution >= 4 is 40.0 Å². The summed E-state index contributed by atoms with van der Waals surface area (Å²) in [5, 5.41) is 22.5. The van der Waals surface area contributed by atoms with Gasteiger partial charge in [0.25, 0.3) is 11.9 Å². The minimum Gasteiger partial charge on any atom is -0.352 e. The number of aromatic amines is 1. The molecule has 0 radical (unpaired) electrons. The molecule has 0 bridgehead atoms. The number of nitrogens with one attached hydrogen (secondary N) is 4. The van der Waals surface area contributed by atoms with Crippen molar-refractivity contribution in [2.45, 2.75) is 44.9 Å². The molecule has 0 aliphatic heterocycles. The third-order valence-electron chi connectivity index (χ3n) is 5.87. The molecule has 2 fully saturated rings. The quantitative estimate of drug-likeness (QED) is 0.526. The molecule has 10 nitrogen and oxygen atoms in total. The first-order chi connectivity index (χ1) is 14.6. The van der Waals surface area contributed by atoms with E-state index < -0.39 is 0 Å². The number of anilines is 2. The molecule has 1 unspecified atom stereocenters. The van der Waals surface area contributed by atoms with Crippen LogP contribution in [0.1, 0.15) is 54.3 Å². The molecule has 30 heavy (non-hydrogen) atoms.